The number of carbonyl (C=O) groups is 1. The summed E-state index contributed by atoms with van der Waals surface area (Å²) in [5.74, 6) is 0. The quantitative estimate of drug-likeness (QED) is 0.858. The molecular weight excluding hydrogens is 256 g/mol. The first-order chi connectivity index (χ1) is 8.31. The molecule has 1 heterocycles. The lowest BCUT2D eigenvalue weighted by Gasteiger charge is -2.20. The van der Waals surface area contributed by atoms with Crippen molar-refractivity contribution in [3.63, 3.8) is 0 Å². The van der Waals surface area contributed by atoms with Crippen LogP contribution in [-0.2, 0) is 16.1 Å². The Morgan fingerprint density at radius 1 is 1.50 bits per heavy atom. The number of nitrogens with one attached hydrogen (secondary N) is 1. The Kier molecular flexibility index (Phi) is 4.93. The molecule has 18 heavy (non-hydrogen) atoms. The van der Waals surface area contributed by atoms with Crippen molar-refractivity contribution in [1.29, 1.82) is 0 Å². The topological polar surface area (TPSA) is 60.5 Å². The van der Waals surface area contributed by atoms with Gasteiger partial charge in [0.2, 0.25) is 0 Å². The van der Waals surface area contributed by atoms with Crippen molar-refractivity contribution in [3.05, 3.63) is 23.0 Å². The van der Waals surface area contributed by atoms with E-state index in [9.17, 15) is 4.79 Å². The average Bonchev–Trinajstić information content (AvgIpc) is 2.20. The standard InChI is InChI=1S/C12H17ClN2O3/c1-12(2,3)18-11(16)15-9-5-8(7-17-4)6-14-10(9)13/h5-6H,7H2,1-4H3,(H,15,16). The third-order valence-electron chi connectivity index (χ3n) is 1.84. The molecule has 0 spiro atoms. The van der Waals surface area contributed by atoms with Gasteiger partial charge in [-0.2, -0.15) is 0 Å². The molecule has 0 atom stereocenters. The Hall–Kier alpha value is -1.33. The first-order valence-corrected chi connectivity index (χ1v) is 5.83. The van der Waals surface area contributed by atoms with Crippen molar-refractivity contribution in [1.82, 2.24) is 4.98 Å². The van der Waals surface area contributed by atoms with Gasteiger partial charge in [0.05, 0.1) is 12.3 Å². The third-order valence-corrected chi connectivity index (χ3v) is 2.14. The van der Waals surface area contributed by atoms with Gasteiger partial charge in [-0.15, -0.1) is 0 Å². The van der Waals surface area contributed by atoms with Crippen LogP contribution in [0.5, 0.6) is 0 Å². The monoisotopic (exact) mass is 272 g/mol. The number of ether oxygens (including phenoxy) is 2. The van der Waals surface area contributed by atoms with Gasteiger partial charge in [-0.1, -0.05) is 11.6 Å². The van der Waals surface area contributed by atoms with E-state index < -0.39 is 11.7 Å². The zero-order valence-electron chi connectivity index (χ0n) is 10.9. The lowest BCUT2D eigenvalue weighted by molar-refractivity contribution is 0.0636. The van der Waals surface area contributed by atoms with E-state index in [0.717, 1.165) is 5.56 Å². The SMILES string of the molecule is COCc1cnc(Cl)c(NC(=O)OC(C)(C)C)c1. The van der Waals surface area contributed by atoms with Crippen LogP contribution in [0.1, 0.15) is 26.3 Å². The Labute approximate surface area is 111 Å². The largest absolute Gasteiger partial charge is 0.444 e. The van der Waals surface area contributed by atoms with Gasteiger partial charge < -0.3 is 9.47 Å². The summed E-state index contributed by atoms with van der Waals surface area (Å²) in [7, 11) is 1.58. The molecule has 6 heteroatoms. The molecule has 0 aliphatic carbocycles. The van der Waals surface area contributed by atoms with E-state index >= 15 is 0 Å². The van der Waals surface area contributed by atoms with E-state index in [1.807, 2.05) is 0 Å². The summed E-state index contributed by atoms with van der Waals surface area (Å²) in [5.41, 5.74) is 0.655. The van der Waals surface area contributed by atoms with Gasteiger partial charge in [0.1, 0.15) is 5.60 Å². The number of methoxy groups -OCH3 is 1. The van der Waals surface area contributed by atoms with E-state index in [1.54, 1.807) is 40.1 Å². The number of carbonyl (C=O) groups excluding carboxylic acids is 1. The maximum Gasteiger partial charge on any atom is 0.412 e. The molecule has 0 radical (unpaired) electrons. The van der Waals surface area contributed by atoms with Gasteiger partial charge in [0, 0.05) is 13.3 Å². The van der Waals surface area contributed by atoms with Crippen LogP contribution in [0, 0.1) is 0 Å². The number of hydrogen-bond acceptors (Lipinski definition) is 4. The van der Waals surface area contributed by atoms with Crippen LogP contribution in [0.4, 0.5) is 10.5 Å². The van der Waals surface area contributed by atoms with Crippen LogP contribution < -0.4 is 5.32 Å². The Morgan fingerprint density at radius 3 is 2.72 bits per heavy atom. The molecule has 100 valence electrons. The van der Waals surface area contributed by atoms with Crippen molar-refractivity contribution in [3.8, 4) is 0 Å². The molecule has 0 bridgehead atoms. The number of halogens is 1. The van der Waals surface area contributed by atoms with E-state index in [1.165, 1.54) is 0 Å². The minimum absolute atomic E-state index is 0.209. The van der Waals surface area contributed by atoms with Crippen LogP contribution in [0.3, 0.4) is 0 Å². The molecule has 0 aliphatic rings. The molecule has 1 aromatic heterocycles. The summed E-state index contributed by atoms with van der Waals surface area (Å²) in [6.45, 7) is 5.75. The predicted molar refractivity (Wildman–Crippen MR) is 69.8 cm³/mol. The average molecular weight is 273 g/mol. The fourth-order valence-corrected chi connectivity index (χ4v) is 1.39. The van der Waals surface area contributed by atoms with Gasteiger partial charge in [-0.25, -0.2) is 9.78 Å². The summed E-state index contributed by atoms with van der Waals surface area (Å²) in [6, 6.07) is 1.70. The third kappa shape index (κ3) is 4.89. The number of nitrogens with zero attached hydrogens (tertiary/aromatic N) is 1. The molecule has 0 aliphatic heterocycles. The second-order valence-corrected chi connectivity index (χ2v) is 5.10. The Morgan fingerprint density at radius 2 is 2.17 bits per heavy atom. The zero-order chi connectivity index (χ0) is 13.8. The summed E-state index contributed by atoms with van der Waals surface area (Å²) in [6.07, 6.45) is 1.02. The van der Waals surface area contributed by atoms with Gasteiger partial charge in [0.15, 0.2) is 5.15 Å². The lowest BCUT2D eigenvalue weighted by atomic mass is 10.2. The predicted octanol–water partition coefficient (Wildman–Crippen LogP) is 3.23. The maximum absolute atomic E-state index is 11.6. The van der Waals surface area contributed by atoms with E-state index in [2.05, 4.69) is 10.3 Å². The van der Waals surface area contributed by atoms with E-state index in [4.69, 9.17) is 21.1 Å². The highest BCUT2D eigenvalue weighted by Gasteiger charge is 2.17. The second-order valence-electron chi connectivity index (χ2n) is 4.74. The number of anilines is 1. The summed E-state index contributed by atoms with van der Waals surface area (Å²) in [4.78, 5) is 15.6. The minimum atomic E-state index is -0.569. The molecule has 5 nitrogen and oxygen atoms in total. The van der Waals surface area contributed by atoms with E-state index in [-0.39, 0.29) is 5.15 Å². The van der Waals surface area contributed by atoms with Crippen molar-refractivity contribution in [2.45, 2.75) is 33.0 Å². The molecule has 0 fully saturated rings. The molecule has 1 amide bonds. The fraction of sp³-hybridized carbons (Fsp3) is 0.500. The van der Waals surface area contributed by atoms with Gasteiger partial charge in [-0.3, -0.25) is 5.32 Å². The molecule has 1 aromatic rings. The van der Waals surface area contributed by atoms with Crippen molar-refractivity contribution in [2.24, 2.45) is 0 Å². The Bertz CT molecular complexity index is 430. The lowest BCUT2D eigenvalue weighted by Crippen LogP contribution is -2.27. The van der Waals surface area contributed by atoms with Crippen LogP contribution in [0.25, 0.3) is 0 Å². The number of amides is 1. The summed E-state index contributed by atoms with van der Waals surface area (Å²) < 4.78 is 10.1. The number of pyridine rings is 1. The van der Waals surface area contributed by atoms with Gasteiger partial charge >= 0.3 is 6.09 Å². The van der Waals surface area contributed by atoms with Gasteiger partial charge in [0.25, 0.3) is 0 Å². The van der Waals surface area contributed by atoms with E-state index in [0.29, 0.717) is 12.3 Å². The molecular formula is C12H17ClN2O3. The van der Waals surface area contributed by atoms with Gasteiger partial charge in [-0.05, 0) is 32.4 Å². The molecule has 1 rings (SSSR count). The first-order valence-electron chi connectivity index (χ1n) is 5.45. The molecule has 0 saturated heterocycles. The summed E-state index contributed by atoms with van der Waals surface area (Å²) in [5, 5.41) is 2.76. The smallest absolute Gasteiger partial charge is 0.412 e. The summed E-state index contributed by atoms with van der Waals surface area (Å²) >= 11 is 5.89. The fourth-order valence-electron chi connectivity index (χ4n) is 1.24. The molecule has 0 saturated carbocycles. The highest BCUT2D eigenvalue weighted by molar-refractivity contribution is 6.32. The number of rotatable bonds is 3. The molecule has 0 aromatic carbocycles. The highest BCUT2D eigenvalue weighted by atomic mass is 35.5. The Balaban J connectivity index is 2.77. The number of hydrogen-bond donors (Lipinski definition) is 1. The number of aromatic nitrogens is 1. The van der Waals surface area contributed by atoms with Crippen LogP contribution >= 0.6 is 11.6 Å². The minimum Gasteiger partial charge on any atom is -0.444 e. The molecule has 0 unspecified atom stereocenters. The molecule has 1 N–H and O–H groups in total. The van der Waals surface area contributed by atoms with Crippen LogP contribution in [-0.4, -0.2) is 23.8 Å². The highest BCUT2D eigenvalue weighted by Crippen LogP contribution is 2.21. The zero-order valence-corrected chi connectivity index (χ0v) is 11.7. The van der Waals surface area contributed by atoms with Crippen LogP contribution in [0.15, 0.2) is 12.3 Å². The van der Waals surface area contributed by atoms with Crippen molar-refractivity contribution < 1.29 is 14.3 Å². The maximum atomic E-state index is 11.6. The van der Waals surface area contributed by atoms with Crippen molar-refractivity contribution in [2.75, 3.05) is 12.4 Å². The van der Waals surface area contributed by atoms with Crippen molar-refractivity contribution >= 4 is 23.4 Å². The second kappa shape index (κ2) is 6.02. The van der Waals surface area contributed by atoms with Crippen LogP contribution in [0.2, 0.25) is 5.15 Å². The first kappa shape index (κ1) is 14.7. The normalized spacial score (nSPS) is 11.2.